The zero-order valence-corrected chi connectivity index (χ0v) is 12.1. The molecule has 1 aromatic carbocycles. The van der Waals surface area contributed by atoms with Gasteiger partial charge < -0.3 is 9.47 Å². The number of rotatable bonds is 6. The first-order valence-electron chi connectivity index (χ1n) is 7.21. The van der Waals surface area contributed by atoms with E-state index < -0.39 is 0 Å². The maximum Gasteiger partial charge on any atom is 0.118 e. The molecule has 3 heteroatoms. The maximum absolute atomic E-state index is 5.68. The van der Waals surface area contributed by atoms with Crippen LogP contribution in [0.3, 0.4) is 0 Å². The van der Waals surface area contributed by atoms with Crippen molar-refractivity contribution in [2.75, 3.05) is 13.7 Å². The lowest BCUT2D eigenvalue weighted by Gasteiger charge is -2.25. The lowest BCUT2D eigenvalue weighted by atomic mass is 9.93. The van der Waals surface area contributed by atoms with Crippen molar-refractivity contribution in [3.05, 3.63) is 42.5 Å². The summed E-state index contributed by atoms with van der Waals surface area (Å²) in [6, 6.07) is 8.41. The van der Waals surface area contributed by atoms with Gasteiger partial charge in [0.05, 0.1) is 25.9 Å². The molecule has 0 radical (unpaired) electrons. The Hall–Kier alpha value is -1.61. The number of hydrogen-bond donors (Lipinski definition) is 0. The average Bonchev–Trinajstić information content (AvgIpc) is 2.52. The molecule has 0 N–H and O–H groups in total. The second kappa shape index (κ2) is 7.85. The highest BCUT2D eigenvalue weighted by molar-refractivity contribution is 5.79. The average molecular weight is 273 g/mol. The molecule has 1 aliphatic rings. The van der Waals surface area contributed by atoms with Crippen LogP contribution in [-0.2, 0) is 4.74 Å². The number of nitrogens with zero attached hydrogens (tertiary/aromatic N) is 1. The summed E-state index contributed by atoms with van der Waals surface area (Å²) < 4.78 is 10.8. The second-order valence-corrected chi connectivity index (χ2v) is 5.10. The molecular formula is C17H23NO2. The van der Waals surface area contributed by atoms with E-state index in [0.717, 1.165) is 37.0 Å². The molecular weight excluding hydrogens is 250 g/mol. The van der Waals surface area contributed by atoms with Crippen LogP contribution in [0.15, 0.2) is 41.9 Å². The zero-order chi connectivity index (χ0) is 14.2. The third kappa shape index (κ3) is 4.49. The minimum absolute atomic E-state index is 0.389. The van der Waals surface area contributed by atoms with Gasteiger partial charge in [0, 0.05) is 6.21 Å². The molecule has 0 heterocycles. The molecule has 0 aliphatic heterocycles. The largest absolute Gasteiger partial charge is 0.497 e. The highest BCUT2D eigenvalue weighted by Gasteiger charge is 2.20. The Morgan fingerprint density at radius 1 is 1.20 bits per heavy atom. The van der Waals surface area contributed by atoms with Crippen LogP contribution in [0.5, 0.6) is 5.75 Å². The summed E-state index contributed by atoms with van der Waals surface area (Å²) in [6.45, 7) is 4.34. The van der Waals surface area contributed by atoms with E-state index in [1.54, 1.807) is 7.11 Å². The summed E-state index contributed by atoms with van der Waals surface area (Å²) >= 11 is 0. The van der Waals surface area contributed by atoms with E-state index in [1.165, 1.54) is 0 Å². The van der Waals surface area contributed by atoms with Crippen molar-refractivity contribution in [2.24, 2.45) is 4.99 Å². The third-order valence-corrected chi connectivity index (χ3v) is 3.64. The van der Waals surface area contributed by atoms with Gasteiger partial charge in [-0.3, -0.25) is 4.99 Å². The van der Waals surface area contributed by atoms with Crippen molar-refractivity contribution >= 4 is 6.21 Å². The topological polar surface area (TPSA) is 30.8 Å². The van der Waals surface area contributed by atoms with Gasteiger partial charge in [-0.05, 0) is 55.5 Å². The van der Waals surface area contributed by atoms with Crippen molar-refractivity contribution in [1.29, 1.82) is 0 Å². The van der Waals surface area contributed by atoms with Gasteiger partial charge >= 0.3 is 0 Å². The smallest absolute Gasteiger partial charge is 0.118 e. The SMILES string of the molecule is C=CCOC1CCC(/N=C/c2ccc(OC)cc2)CC1. The number of methoxy groups -OCH3 is 1. The molecule has 0 spiro atoms. The molecule has 0 aromatic heterocycles. The van der Waals surface area contributed by atoms with Crippen molar-refractivity contribution in [1.82, 2.24) is 0 Å². The summed E-state index contributed by atoms with van der Waals surface area (Å²) in [6.07, 6.45) is 8.57. The number of hydrogen-bond acceptors (Lipinski definition) is 3. The molecule has 1 aromatic rings. The van der Waals surface area contributed by atoms with Crippen LogP contribution in [0.2, 0.25) is 0 Å². The summed E-state index contributed by atoms with van der Waals surface area (Å²) in [7, 11) is 1.68. The van der Waals surface area contributed by atoms with Crippen LogP contribution >= 0.6 is 0 Å². The maximum atomic E-state index is 5.68. The van der Waals surface area contributed by atoms with Gasteiger partial charge in [-0.1, -0.05) is 6.08 Å². The quantitative estimate of drug-likeness (QED) is 0.585. The van der Waals surface area contributed by atoms with Gasteiger partial charge in [0.25, 0.3) is 0 Å². The predicted octanol–water partition coefficient (Wildman–Crippen LogP) is 3.63. The Morgan fingerprint density at radius 3 is 2.50 bits per heavy atom. The van der Waals surface area contributed by atoms with E-state index >= 15 is 0 Å². The predicted molar refractivity (Wildman–Crippen MR) is 82.8 cm³/mol. The summed E-state index contributed by atoms with van der Waals surface area (Å²) in [4.78, 5) is 4.68. The van der Waals surface area contributed by atoms with E-state index in [2.05, 4.69) is 11.6 Å². The summed E-state index contributed by atoms with van der Waals surface area (Å²) in [5.41, 5.74) is 1.12. The molecule has 0 bridgehead atoms. The summed E-state index contributed by atoms with van der Waals surface area (Å²) in [5, 5.41) is 0. The minimum Gasteiger partial charge on any atom is -0.497 e. The van der Waals surface area contributed by atoms with Gasteiger partial charge in [0.15, 0.2) is 0 Å². The fourth-order valence-corrected chi connectivity index (χ4v) is 2.45. The van der Waals surface area contributed by atoms with Crippen molar-refractivity contribution in [3.63, 3.8) is 0 Å². The molecule has 3 nitrogen and oxygen atoms in total. The van der Waals surface area contributed by atoms with Crippen molar-refractivity contribution in [3.8, 4) is 5.75 Å². The van der Waals surface area contributed by atoms with E-state index in [1.807, 2.05) is 36.6 Å². The Bertz CT molecular complexity index is 431. The zero-order valence-electron chi connectivity index (χ0n) is 12.1. The van der Waals surface area contributed by atoms with Gasteiger partial charge in [0.2, 0.25) is 0 Å². The standard InChI is InChI=1S/C17H23NO2/c1-3-12-20-17-10-6-15(7-11-17)18-13-14-4-8-16(19-2)9-5-14/h3-5,8-9,13,15,17H,1,6-7,10-12H2,2H3/b18-13+. The first kappa shape index (κ1) is 14.8. The second-order valence-electron chi connectivity index (χ2n) is 5.10. The van der Waals surface area contributed by atoms with Crippen LogP contribution in [0, 0.1) is 0 Å². The van der Waals surface area contributed by atoms with E-state index in [-0.39, 0.29) is 0 Å². The number of ether oxygens (including phenoxy) is 2. The summed E-state index contributed by atoms with van der Waals surface area (Å²) in [5.74, 6) is 0.877. The third-order valence-electron chi connectivity index (χ3n) is 3.64. The number of benzene rings is 1. The van der Waals surface area contributed by atoms with Gasteiger partial charge in [-0.2, -0.15) is 0 Å². The Balaban J connectivity index is 1.79. The molecule has 0 saturated heterocycles. The van der Waals surface area contributed by atoms with E-state index in [0.29, 0.717) is 18.8 Å². The van der Waals surface area contributed by atoms with Crippen LogP contribution in [0.1, 0.15) is 31.2 Å². The van der Waals surface area contributed by atoms with E-state index in [9.17, 15) is 0 Å². The van der Waals surface area contributed by atoms with Crippen LogP contribution < -0.4 is 4.74 Å². The Morgan fingerprint density at radius 2 is 1.90 bits per heavy atom. The monoisotopic (exact) mass is 273 g/mol. The minimum atomic E-state index is 0.389. The van der Waals surface area contributed by atoms with Gasteiger partial charge in [0.1, 0.15) is 5.75 Å². The first-order chi connectivity index (χ1) is 9.81. The fourth-order valence-electron chi connectivity index (χ4n) is 2.45. The molecule has 1 aliphatic carbocycles. The lowest BCUT2D eigenvalue weighted by molar-refractivity contribution is 0.0431. The molecule has 108 valence electrons. The molecule has 1 fully saturated rings. The van der Waals surface area contributed by atoms with Crippen LogP contribution in [0.25, 0.3) is 0 Å². The molecule has 20 heavy (non-hydrogen) atoms. The normalized spacial score (nSPS) is 22.9. The highest BCUT2D eigenvalue weighted by atomic mass is 16.5. The highest BCUT2D eigenvalue weighted by Crippen LogP contribution is 2.23. The molecule has 0 amide bonds. The van der Waals surface area contributed by atoms with Gasteiger partial charge in [-0.25, -0.2) is 0 Å². The van der Waals surface area contributed by atoms with E-state index in [4.69, 9.17) is 9.47 Å². The molecule has 1 saturated carbocycles. The number of aliphatic imine (C=N–C) groups is 1. The van der Waals surface area contributed by atoms with Crippen LogP contribution in [-0.4, -0.2) is 32.1 Å². The fraction of sp³-hybridized carbons (Fsp3) is 0.471. The molecule has 2 rings (SSSR count). The van der Waals surface area contributed by atoms with Gasteiger partial charge in [-0.15, -0.1) is 6.58 Å². The Kier molecular flexibility index (Phi) is 5.81. The first-order valence-corrected chi connectivity index (χ1v) is 7.21. The molecule has 0 atom stereocenters. The lowest BCUT2D eigenvalue weighted by Crippen LogP contribution is -2.23. The molecule has 0 unspecified atom stereocenters. The van der Waals surface area contributed by atoms with Crippen molar-refractivity contribution < 1.29 is 9.47 Å². The van der Waals surface area contributed by atoms with Crippen LogP contribution in [0.4, 0.5) is 0 Å². The Labute approximate surface area is 121 Å². The van der Waals surface area contributed by atoms with Crippen molar-refractivity contribution in [2.45, 2.75) is 37.8 Å².